The Bertz CT molecular complexity index is 1540. The summed E-state index contributed by atoms with van der Waals surface area (Å²) in [7, 11) is 0.0308. The average molecular weight is 948 g/mol. The van der Waals surface area contributed by atoms with Gasteiger partial charge in [-0.3, -0.25) is 37.9 Å². The van der Waals surface area contributed by atoms with Crippen molar-refractivity contribution in [2.45, 2.75) is 104 Å². The van der Waals surface area contributed by atoms with Gasteiger partial charge in [0.1, 0.15) is 13.2 Å². The summed E-state index contributed by atoms with van der Waals surface area (Å²) in [5.74, 6) is -18.5. The lowest BCUT2D eigenvalue weighted by atomic mass is 9.78. The molecule has 0 saturated carbocycles. The first kappa shape index (κ1) is 49.4. The first-order valence-corrected chi connectivity index (χ1v) is 13.9. The van der Waals surface area contributed by atoms with Crippen molar-refractivity contribution in [3.63, 3.8) is 0 Å². The minimum absolute atomic E-state index is 0.0308. The second-order valence-corrected chi connectivity index (χ2v) is 12.0. The van der Waals surface area contributed by atoms with E-state index in [0.717, 1.165) is 0 Å². The van der Waals surface area contributed by atoms with Gasteiger partial charge < -0.3 is 9.47 Å². The van der Waals surface area contributed by atoms with E-state index in [-0.39, 0.29) is 7.11 Å². The highest BCUT2D eigenvalue weighted by Crippen LogP contribution is 2.75. The Hall–Kier alpha value is -2.29. The van der Waals surface area contributed by atoms with Gasteiger partial charge in [-0.25, -0.2) is 0 Å². The highest BCUT2D eigenvalue weighted by molar-refractivity contribution is 5.15. The fourth-order valence-corrected chi connectivity index (χ4v) is 5.46. The molecule has 0 aromatic carbocycles. The summed E-state index contributed by atoms with van der Waals surface area (Å²) >= 11 is 0. The van der Waals surface area contributed by atoms with Gasteiger partial charge in [0.15, 0.2) is 0 Å². The van der Waals surface area contributed by atoms with E-state index in [1.165, 1.54) is 0 Å². The molecule has 0 radical (unpaired) electrons. The summed E-state index contributed by atoms with van der Waals surface area (Å²) in [5.41, 5.74) is -15.4. The minimum atomic E-state index is -7.97. The Labute approximate surface area is 302 Å². The largest absolute Gasteiger partial charge is 0.446 e. The second-order valence-electron chi connectivity index (χ2n) is 12.0. The molecule has 10 nitrogen and oxygen atoms in total. The highest BCUT2D eigenvalue weighted by atomic mass is 19.4. The van der Waals surface area contributed by atoms with Crippen LogP contribution in [0.15, 0.2) is 0 Å². The van der Waals surface area contributed by atoms with E-state index >= 15 is 35.1 Å². The van der Waals surface area contributed by atoms with Crippen LogP contribution in [-0.2, 0) is 47.4 Å². The summed E-state index contributed by atoms with van der Waals surface area (Å²) in [5, 5.41) is 0. The zero-order chi connectivity index (χ0) is 46.6. The maximum atomic E-state index is 15.2. The molecule has 37 heteroatoms. The third kappa shape index (κ3) is 6.30. The van der Waals surface area contributed by atoms with Crippen molar-refractivity contribution in [2.24, 2.45) is 10.8 Å². The van der Waals surface area contributed by atoms with Crippen LogP contribution in [0.5, 0.6) is 0 Å². The number of methoxy groups -OCH3 is 1. The molecule has 0 aliphatic carbocycles. The molecule has 4 saturated heterocycles. The number of hydrogen-bond acceptors (Lipinski definition) is 10. The molecule has 0 bridgehead atoms. The monoisotopic (exact) mass is 948 g/mol. The van der Waals surface area contributed by atoms with Crippen molar-refractivity contribution < 1.29 is 166 Å². The molecule has 4 aliphatic rings. The summed E-state index contributed by atoms with van der Waals surface area (Å²) in [6, 6.07) is -6.38. The van der Waals surface area contributed by atoms with Crippen LogP contribution in [0.3, 0.4) is 0 Å². The molecule has 4 rings (SSSR count). The van der Waals surface area contributed by atoms with Crippen LogP contribution in [0, 0.1) is 10.8 Å². The van der Waals surface area contributed by atoms with E-state index in [9.17, 15) is 83.4 Å². The molecule has 59 heavy (non-hydrogen) atoms. The summed E-state index contributed by atoms with van der Waals surface area (Å²) in [6.45, 7) is -8.12. The van der Waals surface area contributed by atoms with Crippen molar-refractivity contribution in [3.8, 4) is 0 Å². The highest BCUT2D eigenvalue weighted by Gasteiger charge is 3.03. The van der Waals surface area contributed by atoms with Crippen LogP contribution in [0.25, 0.3) is 0 Å². The molecule has 4 heterocycles. The van der Waals surface area contributed by atoms with Crippen LogP contribution in [0.2, 0.25) is 0 Å². The topological polar surface area (TPSA) is 92.3 Å². The van der Waals surface area contributed by atoms with Crippen LogP contribution in [0.1, 0.15) is 6.92 Å². The van der Waals surface area contributed by atoms with Crippen molar-refractivity contribution in [3.05, 3.63) is 0 Å². The molecular formula is C22H11F27O10. The number of hydrogen-bond donors (Lipinski definition) is 0. The molecular weight excluding hydrogens is 937 g/mol. The summed E-state index contributed by atoms with van der Waals surface area (Å²) < 4.78 is 418. The normalized spacial score (nSPS) is 39.9. The lowest BCUT2D eigenvalue weighted by molar-refractivity contribution is -0.690. The first-order valence-electron chi connectivity index (χ1n) is 13.9. The average Bonchev–Trinajstić information content (AvgIpc) is 2.89. The van der Waals surface area contributed by atoms with Gasteiger partial charge in [0.05, 0.1) is 0 Å². The number of halogens is 27. The molecule has 4 fully saturated rings. The SMILES string of the molecule is COCC1(C(F)(F)F)OC(F)(F)C2(C(F)(F)O1)C(F)(F)OC(COC(F)(F)C1OC(F)(F)C3(C(F)(F)O1)C(F)(F)OC(F)(C(C)(F)F)OC3(F)F)(C(F)(F)F)OC2(F)F. The number of alkyl halides is 27. The lowest BCUT2D eigenvalue weighted by Gasteiger charge is -2.60. The molecule has 0 N–H and O–H groups in total. The van der Waals surface area contributed by atoms with E-state index in [1.807, 2.05) is 0 Å². The maximum absolute atomic E-state index is 15.2. The van der Waals surface area contributed by atoms with Gasteiger partial charge in [0.25, 0.3) is 12.1 Å². The lowest BCUT2D eigenvalue weighted by Crippen LogP contribution is -2.86. The van der Waals surface area contributed by atoms with Gasteiger partial charge in [-0.05, 0) is 0 Å². The van der Waals surface area contributed by atoms with E-state index in [0.29, 0.717) is 0 Å². The molecule has 0 aromatic rings. The summed E-state index contributed by atoms with van der Waals surface area (Å²) in [4.78, 5) is 0. The maximum Gasteiger partial charge on any atom is 0.446 e. The predicted molar refractivity (Wildman–Crippen MR) is 112 cm³/mol. The Balaban J connectivity index is 1.77. The number of ether oxygens (including phenoxy) is 10. The fraction of sp³-hybridized carbons (Fsp3) is 1.00. The Morgan fingerprint density at radius 3 is 0.966 bits per heavy atom. The number of rotatable bonds is 7. The van der Waals surface area contributed by atoms with E-state index in [1.54, 1.807) is 0 Å². The molecule has 0 amide bonds. The fourth-order valence-electron chi connectivity index (χ4n) is 5.46. The van der Waals surface area contributed by atoms with Crippen molar-refractivity contribution in [2.75, 3.05) is 20.3 Å². The zero-order valence-electron chi connectivity index (χ0n) is 26.8. The van der Waals surface area contributed by atoms with Gasteiger partial charge in [0.2, 0.25) is 0 Å². The quantitative estimate of drug-likeness (QED) is 0.233. The van der Waals surface area contributed by atoms with Gasteiger partial charge >= 0.3 is 95.9 Å². The van der Waals surface area contributed by atoms with Gasteiger partial charge in [-0.15, -0.1) is 0 Å². The summed E-state index contributed by atoms with van der Waals surface area (Å²) in [6.07, 6.45) is -89.0. The van der Waals surface area contributed by atoms with E-state index in [4.69, 9.17) is 0 Å². The molecule has 0 unspecified atom stereocenters. The molecule has 0 atom stereocenters. The van der Waals surface area contributed by atoms with E-state index < -0.39 is 128 Å². The van der Waals surface area contributed by atoms with Crippen molar-refractivity contribution >= 4 is 0 Å². The molecule has 4 aliphatic heterocycles. The predicted octanol–water partition coefficient (Wildman–Crippen LogP) is 8.27. The minimum Gasteiger partial charge on any atom is -0.379 e. The van der Waals surface area contributed by atoms with Crippen molar-refractivity contribution in [1.29, 1.82) is 0 Å². The van der Waals surface area contributed by atoms with Gasteiger partial charge in [-0.2, -0.15) is 119 Å². The van der Waals surface area contributed by atoms with Crippen LogP contribution in [0.4, 0.5) is 119 Å². The van der Waals surface area contributed by atoms with Crippen LogP contribution >= 0.6 is 0 Å². The third-order valence-corrected chi connectivity index (χ3v) is 8.15. The van der Waals surface area contributed by atoms with Gasteiger partial charge in [0, 0.05) is 14.0 Å². The van der Waals surface area contributed by atoms with E-state index in [2.05, 4.69) is 47.4 Å². The standard InChI is InChI=1S/C22H11F27O10/c1-6(23,24)22(49)58-20(45,46)10(21(47,48)59-22)14(33,34)52-5(53-15(10,35)36)9(25,26)51-4-8(13(30,31)32)56-18(41,42)11(19(43,44)57-8)16(37,38)54-7(3-50-2,12(27,28)29)55-17(11,39)40/h5H,3-4H2,1-2H3. The Morgan fingerprint density at radius 1 is 0.424 bits per heavy atom. The van der Waals surface area contributed by atoms with Crippen molar-refractivity contribution in [1.82, 2.24) is 0 Å². The van der Waals surface area contributed by atoms with Crippen LogP contribution in [-0.4, -0.2) is 117 Å². The smallest absolute Gasteiger partial charge is 0.379 e. The van der Waals surface area contributed by atoms with Gasteiger partial charge in [-0.1, -0.05) is 0 Å². The molecule has 2 spiro atoms. The first-order chi connectivity index (χ1) is 25.6. The third-order valence-electron chi connectivity index (χ3n) is 8.15. The Morgan fingerprint density at radius 2 is 0.695 bits per heavy atom. The Kier molecular flexibility index (Phi) is 10.6. The molecule has 348 valence electrons. The second kappa shape index (κ2) is 12.7. The molecule has 0 aromatic heterocycles. The van der Waals surface area contributed by atoms with Crippen LogP contribution < -0.4 is 0 Å². The zero-order valence-corrected chi connectivity index (χ0v) is 26.8.